The molecule has 0 spiro atoms. The fourth-order valence-corrected chi connectivity index (χ4v) is 3.66. The van der Waals surface area contributed by atoms with E-state index in [2.05, 4.69) is 24.8 Å². The summed E-state index contributed by atoms with van der Waals surface area (Å²) in [5.74, 6) is 0.414. The Hall–Kier alpha value is -0.590. The number of likely N-dealkylation sites (tertiary alicyclic amines) is 1. The van der Waals surface area contributed by atoms with Crippen LogP contribution in [0.1, 0.15) is 58.8 Å². The molecule has 2 N–H and O–H groups in total. The molecule has 0 radical (unpaired) electrons. The third kappa shape index (κ3) is 3.30. The lowest BCUT2D eigenvalue weighted by molar-refractivity contribution is 0.108. The molecule has 0 aromatic rings. The molecule has 0 aromatic heterocycles. The van der Waals surface area contributed by atoms with Crippen molar-refractivity contribution in [3.05, 3.63) is 0 Å². The minimum atomic E-state index is -0.534. The highest BCUT2D eigenvalue weighted by Crippen LogP contribution is 2.37. The summed E-state index contributed by atoms with van der Waals surface area (Å²) in [5.41, 5.74) is 6.23. The Labute approximate surface area is 118 Å². The summed E-state index contributed by atoms with van der Waals surface area (Å²) in [6.45, 7) is 8.30. The Balaban J connectivity index is 1.77. The van der Waals surface area contributed by atoms with E-state index in [0.29, 0.717) is 11.3 Å². The van der Waals surface area contributed by atoms with Crippen LogP contribution in [0.15, 0.2) is 0 Å². The Morgan fingerprint density at radius 3 is 2.58 bits per heavy atom. The second-order valence-electron chi connectivity index (χ2n) is 7.04. The van der Waals surface area contributed by atoms with Crippen molar-refractivity contribution in [1.82, 2.24) is 4.90 Å². The molecule has 19 heavy (non-hydrogen) atoms. The standard InChI is InChI=1S/C16H29N3/c1-3-15(2)8-11-19(12-9-15)10-6-14-5-4-7-16(14,18)13-17/h14H,3-12,18H2,1-2H3. The van der Waals surface area contributed by atoms with E-state index in [1.54, 1.807) is 0 Å². The second-order valence-corrected chi connectivity index (χ2v) is 7.04. The van der Waals surface area contributed by atoms with Crippen molar-refractivity contribution in [3.8, 4) is 6.07 Å². The molecule has 108 valence electrons. The minimum Gasteiger partial charge on any atom is -0.313 e. The van der Waals surface area contributed by atoms with Crippen molar-refractivity contribution in [3.63, 3.8) is 0 Å². The van der Waals surface area contributed by atoms with Crippen molar-refractivity contribution < 1.29 is 0 Å². The summed E-state index contributed by atoms with van der Waals surface area (Å²) in [4.78, 5) is 2.58. The average molecular weight is 263 g/mol. The van der Waals surface area contributed by atoms with Gasteiger partial charge in [-0.25, -0.2) is 0 Å². The molecule has 3 heteroatoms. The van der Waals surface area contributed by atoms with Crippen molar-refractivity contribution in [1.29, 1.82) is 5.26 Å². The van der Waals surface area contributed by atoms with E-state index in [1.807, 2.05) is 0 Å². The molecule has 1 aliphatic carbocycles. The molecular formula is C16H29N3. The summed E-state index contributed by atoms with van der Waals surface area (Å²) >= 11 is 0. The largest absolute Gasteiger partial charge is 0.313 e. The number of hydrogen-bond acceptors (Lipinski definition) is 3. The highest BCUT2D eigenvalue weighted by Gasteiger charge is 2.39. The third-order valence-electron chi connectivity index (χ3n) is 5.79. The highest BCUT2D eigenvalue weighted by atomic mass is 15.1. The van der Waals surface area contributed by atoms with Gasteiger partial charge in [0, 0.05) is 0 Å². The molecule has 2 fully saturated rings. The predicted octanol–water partition coefficient (Wildman–Crippen LogP) is 2.91. The number of piperidine rings is 1. The topological polar surface area (TPSA) is 53.0 Å². The van der Waals surface area contributed by atoms with Gasteiger partial charge in [-0.3, -0.25) is 0 Å². The lowest BCUT2D eigenvalue weighted by atomic mass is 9.78. The molecule has 0 bridgehead atoms. The lowest BCUT2D eigenvalue weighted by Crippen LogP contribution is -2.44. The summed E-state index contributed by atoms with van der Waals surface area (Å²) in [5, 5.41) is 9.24. The summed E-state index contributed by atoms with van der Waals surface area (Å²) in [6.07, 6.45) is 8.20. The van der Waals surface area contributed by atoms with Gasteiger partial charge in [0.2, 0.25) is 0 Å². The van der Waals surface area contributed by atoms with Gasteiger partial charge in [0.15, 0.2) is 0 Å². The second kappa shape index (κ2) is 5.81. The van der Waals surface area contributed by atoms with Crippen LogP contribution >= 0.6 is 0 Å². The number of nitrogens with two attached hydrogens (primary N) is 1. The zero-order valence-corrected chi connectivity index (χ0v) is 12.6. The van der Waals surface area contributed by atoms with Gasteiger partial charge >= 0.3 is 0 Å². The van der Waals surface area contributed by atoms with Crippen LogP contribution in [0.3, 0.4) is 0 Å². The molecule has 2 rings (SSSR count). The maximum atomic E-state index is 9.24. The van der Waals surface area contributed by atoms with Crippen LogP contribution in [-0.2, 0) is 0 Å². The molecule has 3 nitrogen and oxygen atoms in total. The zero-order chi connectivity index (χ0) is 13.9. The first kappa shape index (κ1) is 14.8. The van der Waals surface area contributed by atoms with Gasteiger partial charge in [0.1, 0.15) is 5.54 Å². The summed E-state index contributed by atoms with van der Waals surface area (Å²) in [7, 11) is 0. The fourth-order valence-electron chi connectivity index (χ4n) is 3.66. The van der Waals surface area contributed by atoms with E-state index in [9.17, 15) is 5.26 Å². The van der Waals surface area contributed by atoms with Crippen LogP contribution < -0.4 is 5.73 Å². The Morgan fingerprint density at radius 1 is 1.32 bits per heavy atom. The molecule has 2 atom stereocenters. The predicted molar refractivity (Wildman–Crippen MR) is 78.6 cm³/mol. The number of hydrogen-bond donors (Lipinski definition) is 1. The van der Waals surface area contributed by atoms with Crippen LogP contribution in [-0.4, -0.2) is 30.1 Å². The van der Waals surface area contributed by atoms with E-state index in [-0.39, 0.29) is 0 Å². The van der Waals surface area contributed by atoms with E-state index in [4.69, 9.17) is 5.73 Å². The molecule has 1 heterocycles. The first-order valence-corrected chi connectivity index (χ1v) is 7.94. The van der Waals surface area contributed by atoms with Crippen LogP contribution in [0.4, 0.5) is 0 Å². The molecule has 1 saturated carbocycles. The molecule has 1 saturated heterocycles. The van der Waals surface area contributed by atoms with E-state index in [1.165, 1.54) is 32.4 Å². The van der Waals surface area contributed by atoms with Crippen LogP contribution in [0.25, 0.3) is 0 Å². The molecule has 0 aromatic carbocycles. The van der Waals surface area contributed by atoms with Crippen molar-refractivity contribution in [2.75, 3.05) is 19.6 Å². The van der Waals surface area contributed by atoms with E-state index < -0.39 is 5.54 Å². The molecule has 2 unspecified atom stereocenters. The van der Waals surface area contributed by atoms with Crippen molar-refractivity contribution in [2.45, 2.75) is 64.3 Å². The smallest absolute Gasteiger partial charge is 0.107 e. The van der Waals surface area contributed by atoms with Gasteiger partial charge in [-0.15, -0.1) is 0 Å². The lowest BCUT2D eigenvalue weighted by Gasteiger charge is -2.39. The normalized spacial score (nSPS) is 35.2. The monoisotopic (exact) mass is 263 g/mol. The Morgan fingerprint density at radius 2 is 2.00 bits per heavy atom. The van der Waals surface area contributed by atoms with Gasteiger partial charge in [-0.2, -0.15) is 5.26 Å². The summed E-state index contributed by atoms with van der Waals surface area (Å²) < 4.78 is 0. The van der Waals surface area contributed by atoms with Crippen LogP contribution in [0, 0.1) is 22.7 Å². The highest BCUT2D eigenvalue weighted by molar-refractivity contribution is 5.12. The molecule has 1 aliphatic heterocycles. The quantitative estimate of drug-likeness (QED) is 0.848. The average Bonchev–Trinajstić information content (AvgIpc) is 2.80. The Bertz CT molecular complexity index is 338. The third-order valence-corrected chi connectivity index (χ3v) is 5.79. The van der Waals surface area contributed by atoms with E-state index in [0.717, 1.165) is 32.2 Å². The van der Waals surface area contributed by atoms with Gasteiger partial charge in [-0.1, -0.05) is 26.7 Å². The van der Waals surface area contributed by atoms with Crippen LogP contribution in [0.2, 0.25) is 0 Å². The Kier molecular flexibility index (Phi) is 4.53. The first-order chi connectivity index (χ1) is 9.01. The number of nitriles is 1. The van der Waals surface area contributed by atoms with Crippen molar-refractivity contribution >= 4 is 0 Å². The fraction of sp³-hybridized carbons (Fsp3) is 0.938. The zero-order valence-electron chi connectivity index (χ0n) is 12.6. The maximum absolute atomic E-state index is 9.24. The first-order valence-electron chi connectivity index (χ1n) is 7.94. The SMILES string of the molecule is CCC1(C)CCN(CCC2CCCC2(N)C#N)CC1. The van der Waals surface area contributed by atoms with Gasteiger partial charge in [0.25, 0.3) is 0 Å². The number of rotatable bonds is 4. The summed E-state index contributed by atoms with van der Waals surface area (Å²) in [6, 6.07) is 2.36. The maximum Gasteiger partial charge on any atom is 0.107 e. The molecule has 2 aliphatic rings. The van der Waals surface area contributed by atoms with Gasteiger partial charge in [0.05, 0.1) is 6.07 Å². The molecule has 0 amide bonds. The van der Waals surface area contributed by atoms with Crippen molar-refractivity contribution in [2.24, 2.45) is 17.1 Å². The van der Waals surface area contributed by atoms with Gasteiger partial charge < -0.3 is 10.6 Å². The van der Waals surface area contributed by atoms with Crippen LogP contribution in [0.5, 0.6) is 0 Å². The number of nitrogens with zero attached hydrogens (tertiary/aromatic N) is 2. The van der Waals surface area contributed by atoms with Gasteiger partial charge in [-0.05, 0) is 63.1 Å². The minimum absolute atomic E-state index is 0.414. The molecular weight excluding hydrogens is 234 g/mol. The van der Waals surface area contributed by atoms with E-state index >= 15 is 0 Å².